The Kier molecular flexibility index (Phi) is 6.32. The molecule has 7 nitrogen and oxygen atoms in total. The number of hydrogen-bond donors (Lipinski definition) is 1. The molecule has 1 amide bonds. The van der Waals surface area contributed by atoms with Crippen LogP contribution in [0.5, 0.6) is 0 Å². The van der Waals surface area contributed by atoms with Gasteiger partial charge in [0.05, 0.1) is 34.8 Å². The van der Waals surface area contributed by atoms with E-state index in [1.165, 1.54) is 16.8 Å². The van der Waals surface area contributed by atoms with Gasteiger partial charge >= 0.3 is 6.36 Å². The van der Waals surface area contributed by atoms with Crippen molar-refractivity contribution in [2.24, 2.45) is 5.92 Å². The van der Waals surface area contributed by atoms with Crippen LogP contribution >= 0.6 is 11.6 Å². The molecular formula is C24H27ClF4N4O3. The number of rotatable bonds is 9. The van der Waals surface area contributed by atoms with Gasteiger partial charge in [-0.05, 0) is 43.7 Å². The highest BCUT2D eigenvalue weighted by molar-refractivity contribution is 6.30. The fourth-order valence-electron chi connectivity index (χ4n) is 5.59. The largest absolute Gasteiger partial charge is 0.522 e. The lowest BCUT2D eigenvalue weighted by atomic mass is 9.38. The molecule has 1 N–H and O–H groups in total. The van der Waals surface area contributed by atoms with Crippen LogP contribution < -0.4 is 5.32 Å². The van der Waals surface area contributed by atoms with Crippen LogP contribution in [0, 0.1) is 11.7 Å². The molecule has 6 rings (SSSR count). The average Bonchev–Trinajstić information content (AvgIpc) is 3.17. The molecule has 4 aliphatic rings. The molecule has 0 radical (unpaired) electrons. The molecule has 2 bridgehead atoms. The Bertz CT molecular complexity index is 1130. The third kappa shape index (κ3) is 4.97. The smallest absolute Gasteiger partial charge is 0.365 e. The Morgan fingerprint density at radius 2 is 1.94 bits per heavy atom. The van der Waals surface area contributed by atoms with Crippen molar-refractivity contribution in [3.8, 4) is 5.69 Å². The molecular weight excluding hydrogens is 504 g/mol. The van der Waals surface area contributed by atoms with E-state index in [0.717, 1.165) is 5.69 Å². The summed E-state index contributed by atoms with van der Waals surface area (Å²) in [7, 11) is 0. The van der Waals surface area contributed by atoms with Crippen molar-refractivity contribution in [2.45, 2.75) is 88.0 Å². The number of nitrogens with one attached hydrogen (secondary N) is 1. The van der Waals surface area contributed by atoms with Gasteiger partial charge in [0.25, 0.3) is 0 Å². The Morgan fingerprint density at radius 1 is 1.25 bits per heavy atom. The van der Waals surface area contributed by atoms with Gasteiger partial charge < -0.3 is 10.1 Å². The molecule has 0 aliphatic heterocycles. The number of nitrogens with zero attached hydrogens (tertiary/aromatic N) is 3. The lowest BCUT2D eigenvalue weighted by Gasteiger charge is -2.69. The maximum atomic E-state index is 13.8. The van der Waals surface area contributed by atoms with Crippen molar-refractivity contribution < 1.29 is 31.8 Å². The summed E-state index contributed by atoms with van der Waals surface area (Å²) in [6.07, 6.45) is -2.16. The highest BCUT2D eigenvalue weighted by Crippen LogP contribution is 2.67. The van der Waals surface area contributed by atoms with Gasteiger partial charge in [0.1, 0.15) is 11.9 Å². The Labute approximate surface area is 210 Å². The third-order valence-corrected chi connectivity index (χ3v) is 7.62. The number of hydrogen-bond acceptors (Lipinski definition) is 5. The molecule has 0 spiro atoms. The van der Waals surface area contributed by atoms with Crippen LogP contribution in [0.15, 0.2) is 24.4 Å². The highest BCUT2D eigenvalue weighted by atomic mass is 35.5. The van der Waals surface area contributed by atoms with E-state index in [1.54, 1.807) is 12.3 Å². The Hall–Kier alpha value is -2.24. The fourth-order valence-corrected chi connectivity index (χ4v) is 5.71. The molecule has 2 aromatic rings. The van der Waals surface area contributed by atoms with Crippen molar-refractivity contribution >= 4 is 17.5 Å². The molecule has 0 saturated heterocycles. The second kappa shape index (κ2) is 8.95. The van der Waals surface area contributed by atoms with Crippen molar-refractivity contribution in [3.05, 3.63) is 40.9 Å². The van der Waals surface area contributed by atoms with E-state index < -0.39 is 30.5 Å². The first-order valence-corrected chi connectivity index (χ1v) is 12.3. The first-order valence-electron chi connectivity index (χ1n) is 12.0. The molecule has 36 heavy (non-hydrogen) atoms. The third-order valence-electron chi connectivity index (χ3n) is 7.31. The zero-order valence-electron chi connectivity index (χ0n) is 19.8. The van der Waals surface area contributed by atoms with Crippen LogP contribution in [0.2, 0.25) is 5.02 Å². The molecule has 12 heteroatoms. The van der Waals surface area contributed by atoms with E-state index in [1.807, 2.05) is 13.8 Å². The van der Waals surface area contributed by atoms with Crippen LogP contribution in [0.4, 0.5) is 17.6 Å². The van der Waals surface area contributed by atoms with Gasteiger partial charge in [-0.3, -0.25) is 9.53 Å². The summed E-state index contributed by atoms with van der Waals surface area (Å²) < 4.78 is 62.3. The van der Waals surface area contributed by atoms with Crippen LogP contribution in [0.3, 0.4) is 0 Å². The summed E-state index contributed by atoms with van der Waals surface area (Å²) in [6.45, 7) is 3.93. The van der Waals surface area contributed by atoms with Crippen LogP contribution in [-0.4, -0.2) is 51.1 Å². The number of alkyl halides is 3. The Balaban J connectivity index is 1.15. The second-order valence-electron chi connectivity index (χ2n) is 10.8. The van der Waals surface area contributed by atoms with Crippen molar-refractivity contribution in [2.75, 3.05) is 0 Å². The van der Waals surface area contributed by atoms with Crippen LogP contribution in [0.1, 0.15) is 58.1 Å². The monoisotopic (exact) mass is 530 g/mol. The molecule has 196 valence electrons. The maximum absolute atomic E-state index is 13.8. The molecule has 4 fully saturated rings. The minimum Gasteiger partial charge on any atom is -0.365 e. The van der Waals surface area contributed by atoms with Gasteiger partial charge in [-0.1, -0.05) is 30.7 Å². The first kappa shape index (κ1) is 25.4. The average molecular weight is 531 g/mol. The van der Waals surface area contributed by atoms with Gasteiger partial charge in [0.2, 0.25) is 5.91 Å². The quantitative estimate of drug-likeness (QED) is 0.469. The first-order chi connectivity index (χ1) is 16.9. The lowest BCUT2D eigenvalue weighted by Crippen LogP contribution is -2.77. The highest BCUT2D eigenvalue weighted by Gasteiger charge is 2.70. The number of ether oxygens (including phenoxy) is 2. The Morgan fingerprint density at radius 3 is 2.56 bits per heavy atom. The van der Waals surface area contributed by atoms with Crippen LogP contribution in [-0.2, 0) is 19.7 Å². The molecule has 1 heterocycles. The zero-order valence-corrected chi connectivity index (χ0v) is 20.6. The maximum Gasteiger partial charge on any atom is 0.522 e. The molecule has 4 aliphatic carbocycles. The van der Waals surface area contributed by atoms with E-state index in [4.69, 9.17) is 16.3 Å². The molecule has 4 saturated carbocycles. The molecule has 1 unspecified atom stereocenters. The number of halogens is 5. The van der Waals surface area contributed by atoms with Gasteiger partial charge in [-0.15, -0.1) is 18.3 Å². The normalized spacial score (nSPS) is 29.8. The van der Waals surface area contributed by atoms with Gasteiger partial charge in [0, 0.05) is 29.9 Å². The summed E-state index contributed by atoms with van der Waals surface area (Å²) in [4.78, 5) is 13.1. The summed E-state index contributed by atoms with van der Waals surface area (Å²) >= 11 is 5.75. The summed E-state index contributed by atoms with van der Waals surface area (Å²) in [5.74, 6) is -0.602. The van der Waals surface area contributed by atoms with Crippen LogP contribution in [0.25, 0.3) is 5.69 Å². The summed E-state index contributed by atoms with van der Waals surface area (Å²) in [5, 5.41) is 11.5. The fraction of sp³-hybridized carbons (Fsp3) is 0.625. The van der Waals surface area contributed by atoms with Gasteiger partial charge in [-0.25, -0.2) is 9.07 Å². The minimum absolute atomic E-state index is 0.0303. The number of benzene rings is 1. The lowest BCUT2D eigenvalue weighted by molar-refractivity contribution is -0.357. The molecule has 1 atom stereocenters. The molecule has 1 aromatic carbocycles. The minimum atomic E-state index is -4.67. The number of amides is 1. The van der Waals surface area contributed by atoms with E-state index in [2.05, 4.69) is 20.4 Å². The second-order valence-corrected chi connectivity index (χ2v) is 11.2. The van der Waals surface area contributed by atoms with Crippen molar-refractivity contribution in [1.82, 2.24) is 20.3 Å². The SMILES string of the molecule is CC(C)CC(OC1CC(OC(F)(F)F)C1)C(=O)NC12CC(c3cn(-c4ccc(Cl)c(F)c4)nn3)(C1)C2. The van der Waals surface area contributed by atoms with E-state index in [0.29, 0.717) is 31.4 Å². The number of carbonyl (C=O) groups is 1. The number of carbonyl (C=O) groups excluding carboxylic acids is 1. The van der Waals surface area contributed by atoms with E-state index in [-0.39, 0.29) is 40.6 Å². The summed E-state index contributed by atoms with van der Waals surface area (Å²) in [6, 6.07) is 4.41. The van der Waals surface area contributed by atoms with Crippen molar-refractivity contribution in [1.29, 1.82) is 0 Å². The topological polar surface area (TPSA) is 78.3 Å². The van der Waals surface area contributed by atoms with E-state index in [9.17, 15) is 22.4 Å². The zero-order chi connectivity index (χ0) is 25.9. The van der Waals surface area contributed by atoms with Gasteiger partial charge in [-0.2, -0.15) is 0 Å². The number of aromatic nitrogens is 3. The predicted molar refractivity (Wildman–Crippen MR) is 121 cm³/mol. The standard InChI is InChI=1S/C24H27ClF4N4O3/c1-13(2)5-19(35-15-7-16(8-15)36-24(27,28)29)21(34)30-23-10-22(11-23,12-23)20-9-33(32-31-20)14-3-4-17(25)18(26)6-14/h3-4,6,9,13,15-16,19H,5,7-8,10-12H2,1-2H3,(H,30,34). The van der Waals surface area contributed by atoms with Gasteiger partial charge in [0.15, 0.2) is 0 Å². The van der Waals surface area contributed by atoms with Crippen molar-refractivity contribution in [3.63, 3.8) is 0 Å². The summed E-state index contributed by atoms with van der Waals surface area (Å²) in [5.41, 5.74) is 0.779. The predicted octanol–water partition coefficient (Wildman–Crippen LogP) is 4.85. The van der Waals surface area contributed by atoms with E-state index >= 15 is 0 Å². The molecule has 1 aromatic heterocycles.